The van der Waals surface area contributed by atoms with Crippen LogP contribution in [0.15, 0.2) is 35.3 Å². The number of aromatic amines is 1. The van der Waals surface area contributed by atoms with Gasteiger partial charge >= 0.3 is 12.1 Å². The summed E-state index contributed by atoms with van der Waals surface area (Å²) in [5.74, 6) is -1.02. The minimum atomic E-state index is -4.44. The second kappa shape index (κ2) is 6.08. The zero-order chi connectivity index (χ0) is 16.3. The number of hydrogen-bond acceptors (Lipinski definition) is 2. The Morgan fingerprint density at radius 1 is 1.32 bits per heavy atom. The molecule has 2 rings (SSSR count). The quantitative estimate of drug-likeness (QED) is 0.889. The molecule has 0 aliphatic heterocycles. The molecular formula is C14H13F3N2O3. The van der Waals surface area contributed by atoms with Crippen molar-refractivity contribution in [3.8, 4) is 0 Å². The van der Waals surface area contributed by atoms with Crippen LogP contribution in [0.4, 0.5) is 13.2 Å². The van der Waals surface area contributed by atoms with E-state index in [9.17, 15) is 22.8 Å². The van der Waals surface area contributed by atoms with Crippen LogP contribution < -0.4 is 5.56 Å². The number of nitrogens with one attached hydrogen (secondary N) is 1. The van der Waals surface area contributed by atoms with Gasteiger partial charge in [0.1, 0.15) is 0 Å². The molecule has 0 aliphatic rings. The molecule has 0 amide bonds. The van der Waals surface area contributed by atoms with Crippen molar-refractivity contribution in [3.63, 3.8) is 0 Å². The van der Waals surface area contributed by atoms with Gasteiger partial charge in [0, 0.05) is 18.2 Å². The Labute approximate surface area is 123 Å². The number of rotatable bonds is 5. The molecule has 5 nitrogen and oxygen atoms in total. The number of H-pyrrole nitrogens is 1. The maximum atomic E-state index is 12.6. The fourth-order valence-electron chi connectivity index (χ4n) is 2.02. The second-order valence-corrected chi connectivity index (χ2v) is 4.78. The van der Waals surface area contributed by atoms with Gasteiger partial charge in [-0.1, -0.05) is 12.1 Å². The van der Waals surface area contributed by atoms with Crippen LogP contribution in [0, 0.1) is 0 Å². The number of carboxylic acid groups (broad SMARTS) is 1. The van der Waals surface area contributed by atoms with Crippen LogP contribution in [0.25, 0.3) is 0 Å². The Kier molecular flexibility index (Phi) is 4.39. The third kappa shape index (κ3) is 3.78. The third-order valence-corrected chi connectivity index (χ3v) is 3.12. The highest BCUT2D eigenvalue weighted by atomic mass is 19.4. The summed E-state index contributed by atoms with van der Waals surface area (Å²) in [6.45, 7) is -0.0458. The Hall–Kier alpha value is -2.51. The van der Waals surface area contributed by atoms with Crippen molar-refractivity contribution in [1.82, 2.24) is 9.78 Å². The van der Waals surface area contributed by atoms with Crippen LogP contribution in [0.5, 0.6) is 0 Å². The molecule has 0 unspecified atom stereocenters. The Morgan fingerprint density at radius 3 is 2.68 bits per heavy atom. The lowest BCUT2D eigenvalue weighted by Crippen LogP contribution is -2.20. The molecular weight excluding hydrogens is 301 g/mol. The van der Waals surface area contributed by atoms with Crippen molar-refractivity contribution in [1.29, 1.82) is 0 Å². The maximum Gasteiger partial charge on any atom is 0.416 e. The molecule has 0 spiro atoms. The summed E-state index contributed by atoms with van der Waals surface area (Å²) in [6.07, 6.45) is -3.18. The molecule has 22 heavy (non-hydrogen) atoms. The van der Waals surface area contributed by atoms with Crippen LogP contribution in [-0.4, -0.2) is 20.9 Å². The van der Waals surface area contributed by atoms with E-state index in [1.165, 1.54) is 18.3 Å². The molecule has 0 saturated carbocycles. The molecule has 1 aromatic heterocycles. The lowest BCUT2D eigenvalue weighted by molar-refractivity contribution is -0.138. The number of carboxylic acids is 1. The SMILES string of the molecule is O=C(O)CCc1c[nH]n(Cc2cccc(C(F)(F)F)c2)c1=O. The summed E-state index contributed by atoms with van der Waals surface area (Å²) >= 11 is 0. The van der Waals surface area contributed by atoms with Crippen LogP contribution in [0.1, 0.15) is 23.1 Å². The molecule has 118 valence electrons. The number of carbonyl (C=O) groups is 1. The third-order valence-electron chi connectivity index (χ3n) is 3.12. The highest BCUT2D eigenvalue weighted by Gasteiger charge is 2.30. The van der Waals surface area contributed by atoms with Crippen molar-refractivity contribution < 1.29 is 23.1 Å². The summed E-state index contributed by atoms with van der Waals surface area (Å²) in [4.78, 5) is 22.5. The predicted molar refractivity (Wildman–Crippen MR) is 71.6 cm³/mol. The normalized spacial score (nSPS) is 11.6. The van der Waals surface area contributed by atoms with Crippen LogP contribution in [-0.2, 0) is 23.9 Å². The van der Waals surface area contributed by atoms with E-state index in [-0.39, 0.29) is 24.9 Å². The van der Waals surface area contributed by atoms with Gasteiger partial charge in [-0.05, 0) is 24.1 Å². The van der Waals surface area contributed by atoms with Gasteiger partial charge in [0.05, 0.1) is 12.1 Å². The number of alkyl halides is 3. The molecule has 2 N–H and O–H groups in total. The first-order valence-corrected chi connectivity index (χ1v) is 6.42. The van der Waals surface area contributed by atoms with Crippen molar-refractivity contribution in [2.75, 3.05) is 0 Å². The first-order valence-electron chi connectivity index (χ1n) is 6.42. The molecule has 0 radical (unpaired) electrons. The van der Waals surface area contributed by atoms with E-state index in [2.05, 4.69) is 5.10 Å². The lowest BCUT2D eigenvalue weighted by Gasteiger charge is -2.08. The summed E-state index contributed by atoms with van der Waals surface area (Å²) in [5, 5.41) is 11.2. The number of aryl methyl sites for hydroxylation is 1. The van der Waals surface area contributed by atoms with Gasteiger partial charge in [-0.15, -0.1) is 0 Å². The molecule has 1 aromatic carbocycles. The molecule has 0 fully saturated rings. The summed E-state index contributed by atoms with van der Waals surface area (Å²) in [6, 6.07) is 4.69. The second-order valence-electron chi connectivity index (χ2n) is 4.78. The topological polar surface area (TPSA) is 75.1 Å². The van der Waals surface area contributed by atoms with Gasteiger partial charge < -0.3 is 10.2 Å². The Morgan fingerprint density at radius 2 is 2.05 bits per heavy atom. The van der Waals surface area contributed by atoms with Crippen molar-refractivity contribution in [3.05, 3.63) is 57.5 Å². The van der Waals surface area contributed by atoms with Gasteiger partial charge in [-0.25, -0.2) is 4.68 Å². The molecule has 2 aromatic rings. The van der Waals surface area contributed by atoms with E-state index in [1.54, 1.807) is 0 Å². The lowest BCUT2D eigenvalue weighted by atomic mass is 10.1. The average Bonchev–Trinajstić information content (AvgIpc) is 2.77. The molecule has 0 bridgehead atoms. The number of nitrogens with zero attached hydrogens (tertiary/aromatic N) is 1. The van der Waals surface area contributed by atoms with E-state index < -0.39 is 23.3 Å². The van der Waals surface area contributed by atoms with Crippen molar-refractivity contribution in [2.24, 2.45) is 0 Å². The van der Waals surface area contributed by atoms with E-state index in [0.29, 0.717) is 5.56 Å². The summed E-state index contributed by atoms with van der Waals surface area (Å²) in [5.41, 5.74) is -0.604. The number of hydrogen-bond donors (Lipinski definition) is 2. The highest BCUT2D eigenvalue weighted by molar-refractivity contribution is 5.67. The predicted octanol–water partition coefficient (Wildman–Crippen LogP) is 2.26. The van der Waals surface area contributed by atoms with Gasteiger partial charge in [-0.3, -0.25) is 9.59 Å². The number of aromatic nitrogens is 2. The minimum Gasteiger partial charge on any atom is -0.481 e. The van der Waals surface area contributed by atoms with E-state index >= 15 is 0 Å². The summed E-state index contributed by atoms with van der Waals surface area (Å²) in [7, 11) is 0. The van der Waals surface area contributed by atoms with Crippen molar-refractivity contribution in [2.45, 2.75) is 25.6 Å². The smallest absolute Gasteiger partial charge is 0.416 e. The first kappa shape index (κ1) is 15.9. The van der Waals surface area contributed by atoms with Gasteiger partial charge in [0.2, 0.25) is 0 Å². The van der Waals surface area contributed by atoms with Crippen LogP contribution in [0.2, 0.25) is 0 Å². The Bertz CT molecular complexity index is 731. The van der Waals surface area contributed by atoms with Crippen LogP contribution >= 0.6 is 0 Å². The van der Waals surface area contributed by atoms with E-state index in [0.717, 1.165) is 16.8 Å². The zero-order valence-electron chi connectivity index (χ0n) is 11.4. The van der Waals surface area contributed by atoms with E-state index in [1.807, 2.05) is 0 Å². The molecule has 0 atom stereocenters. The molecule has 0 saturated heterocycles. The fraction of sp³-hybridized carbons (Fsp3) is 0.286. The standard InChI is InChI=1S/C14H13F3N2O3/c15-14(16,17)11-3-1-2-9(6-11)8-19-13(22)10(7-18-19)4-5-12(20)21/h1-3,6-7,18H,4-5,8H2,(H,20,21). The molecule has 8 heteroatoms. The van der Waals surface area contributed by atoms with Crippen molar-refractivity contribution >= 4 is 5.97 Å². The Balaban J connectivity index is 2.18. The molecule has 1 heterocycles. The number of benzene rings is 1. The van der Waals surface area contributed by atoms with E-state index in [4.69, 9.17) is 5.11 Å². The highest BCUT2D eigenvalue weighted by Crippen LogP contribution is 2.29. The number of halogens is 3. The first-order chi connectivity index (χ1) is 10.3. The average molecular weight is 314 g/mol. The summed E-state index contributed by atoms with van der Waals surface area (Å²) < 4.78 is 39.0. The molecule has 0 aliphatic carbocycles. The largest absolute Gasteiger partial charge is 0.481 e. The van der Waals surface area contributed by atoms with Gasteiger partial charge in [0.25, 0.3) is 5.56 Å². The maximum absolute atomic E-state index is 12.6. The van der Waals surface area contributed by atoms with Gasteiger partial charge in [-0.2, -0.15) is 13.2 Å². The minimum absolute atomic E-state index is 0.0458. The fourth-order valence-corrected chi connectivity index (χ4v) is 2.02. The monoisotopic (exact) mass is 314 g/mol. The van der Waals surface area contributed by atoms with Gasteiger partial charge in [0.15, 0.2) is 0 Å². The van der Waals surface area contributed by atoms with Crippen LogP contribution in [0.3, 0.4) is 0 Å². The number of aliphatic carboxylic acids is 1. The zero-order valence-corrected chi connectivity index (χ0v) is 11.4.